The van der Waals surface area contributed by atoms with E-state index in [9.17, 15) is 0 Å². The summed E-state index contributed by atoms with van der Waals surface area (Å²) < 4.78 is 5.50. The highest BCUT2D eigenvalue weighted by atomic mass is 16.3. The van der Waals surface area contributed by atoms with Crippen LogP contribution in [0, 0.1) is 0 Å². The second kappa shape index (κ2) is 7.72. The zero-order valence-corrected chi connectivity index (χ0v) is 13.1. The van der Waals surface area contributed by atoms with Gasteiger partial charge in [-0.25, -0.2) is 0 Å². The van der Waals surface area contributed by atoms with Gasteiger partial charge in [0.05, 0.1) is 12.8 Å². The SMILES string of the molecule is NCc1ccc(CN(Cc2cccnc2)Cc2ccco2)cc1. The molecule has 0 aliphatic heterocycles. The van der Waals surface area contributed by atoms with Crippen LogP contribution >= 0.6 is 0 Å². The fourth-order valence-corrected chi connectivity index (χ4v) is 2.58. The summed E-state index contributed by atoms with van der Waals surface area (Å²) in [5.74, 6) is 0.965. The highest BCUT2D eigenvalue weighted by Gasteiger charge is 2.10. The fourth-order valence-electron chi connectivity index (χ4n) is 2.58. The Balaban J connectivity index is 1.73. The lowest BCUT2D eigenvalue weighted by molar-refractivity contribution is 0.226. The van der Waals surface area contributed by atoms with Crippen LogP contribution in [0.25, 0.3) is 0 Å². The smallest absolute Gasteiger partial charge is 0.117 e. The molecule has 0 amide bonds. The first-order chi connectivity index (χ1) is 11.3. The molecule has 0 bridgehead atoms. The largest absolute Gasteiger partial charge is 0.468 e. The highest BCUT2D eigenvalue weighted by Crippen LogP contribution is 2.14. The van der Waals surface area contributed by atoms with Crippen LogP contribution in [0.2, 0.25) is 0 Å². The number of benzene rings is 1. The van der Waals surface area contributed by atoms with Crippen molar-refractivity contribution < 1.29 is 4.42 Å². The maximum Gasteiger partial charge on any atom is 0.117 e. The Bertz CT molecular complexity index is 693. The van der Waals surface area contributed by atoms with Crippen molar-refractivity contribution in [2.75, 3.05) is 0 Å². The van der Waals surface area contributed by atoms with Crippen molar-refractivity contribution in [1.82, 2.24) is 9.88 Å². The first-order valence-electron chi connectivity index (χ1n) is 7.75. The average molecular weight is 307 g/mol. The Labute approximate surface area is 136 Å². The van der Waals surface area contributed by atoms with E-state index in [1.54, 1.807) is 12.5 Å². The molecule has 0 radical (unpaired) electrons. The van der Waals surface area contributed by atoms with Gasteiger partial charge in [0.15, 0.2) is 0 Å². The second-order valence-corrected chi connectivity index (χ2v) is 5.61. The number of nitrogens with zero attached hydrogens (tertiary/aromatic N) is 2. The molecule has 118 valence electrons. The molecule has 3 rings (SSSR count). The van der Waals surface area contributed by atoms with Gasteiger partial charge in [0.25, 0.3) is 0 Å². The van der Waals surface area contributed by atoms with E-state index in [1.165, 1.54) is 11.1 Å². The lowest BCUT2D eigenvalue weighted by Crippen LogP contribution is -2.22. The Morgan fingerprint density at radius 3 is 2.30 bits per heavy atom. The van der Waals surface area contributed by atoms with Crippen LogP contribution in [-0.4, -0.2) is 9.88 Å². The Hall–Kier alpha value is -2.43. The lowest BCUT2D eigenvalue weighted by Gasteiger charge is -2.21. The third kappa shape index (κ3) is 4.52. The topological polar surface area (TPSA) is 55.3 Å². The maximum absolute atomic E-state index is 5.66. The molecule has 0 aliphatic rings. The lowest BCUT2D eigenvalue weighted by atomic mass is 10.1. The number of rotatable bonds is 7. The van der Waals surface area contributed by atoms with E-state index in [-0.39, 0.29) is 0 Å². The van der Waals surface area contributed by atoms with E-state index in [1.807, 2.05) is 24.4 Å². The molecule has 0 atom stereocenters. The van der Waals surface area contributed by atoms with Gasteiger partial charge in [0.1, 0.15) is 5.76 Å². The molecule has 0 saturated heterocycles. The van der Waals surface area contributed by atoms with Crippen molar-refractivity contribution in [2.45, 2.75) is 26.2 Å². The van der Waals surface area contributed by atoms with Gasteiger partial charge in [-0.1, -0.05) is 30.3 Å². The number of furan rings is 1. The predicted molar refractivity (Wildman–Crippen MR) is 90.2 cm³/mol. The average Bonchev–Trinajstić information content (AvgIpc) is 3.09. The molecule has 2 heterocycles. The molecule has 0 saturated carbocycles. The molecule has 3 aromatic rings. The van der Waals surface area contributed by atoms with Crippen molar-refractivity contribution in [3.63, 3.8) is 0 Å². The first kappa shape index (κ1) is 15.5. The molecule has 4 nitrogen and oxygen atoms in total. The van der Waals surface area contributed by atoms with Gasteiger partial charge in [-0.15, -0.1) is 0 Å². The summed E-state index contributed by atoms with van der Waals surface area (Å²) in [6, 6.07) is 16.5. The summed E-state index contributed by atoms with van der Waals surface area (Å²) in [4.78, 5) is 6.54. The summed E-state index contributed by atoms with van der Waals surface area (Å²) in [5.41, 5.74) is 9.27. The van der Waals surface area contributed by atoms with Crippen LogP contribution in [0.4, 0.5) is 0 Å². The number of hydrogen-bond acceptors (Lipinski definition) is 4. The number of aromatic nitrogens is 1. The minimum absolute atomic E-state index is 0.575. The number of pyridine rings is 1. The van der Waals surface area contributed by atoms with Gasteiger partial charge in [-0.3, -0.25) is 9.88 Å². The predicted octanol–water partition coefficient (Wildman–Crippen LogP) is 3.34. The van der Waals surface area contributed by atoms with Crippen LogP contribution < -0.4 is 5.73 Å². The van der Waals surface area contributed by atoms with Crippen molar-refractivity contribution >= 4 is 0 Å². The summed E-state index contributed by atoms with van der Waals surface area (Å²) >= 11 is 0. The Kier molecular flexibility index (Phi) is 5.19. The van der Waals surface area contributed by atoms with Gasteiger partial charge < -0.3 is 10.2 Å². The van der Waals surface area contributed by atoms with Crippen molar-refractivity contribution in [2.24, 2.45) is 5.73 Å². The zero-order chi connectivity index (χ0) is 15.9. The molecule has 1 aromatic carbocycles. The van der Waals surface area contributed by atoms with Crippen LogP contribution in [0.1, 0.15) is 22.5 Å². The van der Waals surface area contributed by atoms with E-state index in [2.05, 4.69) is 40.2 Å². The second-order valence-electron chi connectivity index (χ2n) is 5.61. The van der Waals surface area contributed by atoms with Crippen LogP contribution in [-0.2, 0) is 26.2 Å². The fraction of sp³-hybridized carbons (Fsp3) is 0.211. The molecular formula is C19H21N3O. The summed E-state index contributed by atoms with van der Waals surface area (Å²) in [7, 11) is 0. The van der Waals surface area contributed by atoms with E-state index >= 15 is 0 Å². The van der Waals surface area contributed by atoms with E-state index in [0.29, 0.717) is 6.54 Å². The van der Waals surface area contributed by atoms with E-state index in [4.69, 9.17) is 10.2 Å². The third-order valence-electron chi connectivity index (χ3n) is 3.75. The molecular weight excluding hydrogens is 286 g/mol. The van der Waals surface area contributed by atoms with E-state index in [0.717, 1.165) is 31.0 Å². The third-order valence-corrected chi connectivity index (χ3v) is 3.75. The quantitative estimate of drug-likeness (QED) is 0.727. The Morgan fingerprint density at radius 2 is 1.65 bits per heavy atom. The van der Waals surface area contributed by atoms with Crippen molar-refractivity contribution in [1.29, 1.82) is 0 Å². The molecule has 0 spiro atoms. The van der Waals surface area contributed by atoms with E-state index < -0.39 is 0 Å². The van der Waals surface area contributed by atoms with Crippen molar-refractivity contribution in [3.05, 3.63) is 89.6 Å². The molecule has 2 aromatic heterocycles. The summed E-state index contributed by atoms with van der Waals surface area (Å²) in [5, 5.41) is 0. The van der Waals surface area contributed by atoms with Crippen LogP contribution in [0.3, 0.4) is 0 Å². The normalized spacial score (nSPS) is 11.0. The van der Waals surface area contributed by atoms with Crippen LogP contribution in [0.5, 0.6) is 0 Å². The van der Waals surface area contributed by atoms with Gasteiger partial charge in [0.2, 0.25) is 0 Å². The molecule has 23 heavy (non-hydrogen) atoms. The molecule has 0 fully saturated rings. The number of nitrogens with two attached hydrogens (primary N) is 1. The molecule has 2 N–H and O–H groups in total. The molecule has 4 heteroatoms. The van der Waals surface area contributed by atoms with Gasteiger partial charge >= 0.3 is 0 Å². The summed E-state index contributed by atoms with van der Waals surface area (Å²) in [6.07, 6.45) is 5.42. The summed E-state index contributed by atoms with van der Waals surface area (Å²) in [6.45, 7) is 3.01. The van der Waals surface area contributed by atoms with Crippen LogP contribution in [0.15, 0.2) is 71.6 Å². The zero-order valence-electron chi connectivity index (χ0n) is 13.1. The standard InChI is InChI=1S/C19H21N3O/c20-11-16-5-7-17(8-6-16)13-22(15-19-4-2-10-23-19)14-18-3-1-9-21-12-18/h1-10,12H,11,13-15,20H2. The maximum atomic E-state index is 5.66. The highest BCUT2D eigenvalue weighted by molar-refractivity contribution is 5.22. The Morgan fingerprint density at radius 1 is 0.870 bits per heavy atom. The first-order valence-corrected chi connectivity index (χ1v) is 7.75. The monoisotopic (exact) mass is 307 g/mol. The molecule has 0 aliphatic carbocycles. The van der Waals surface area contributed by atoms with Gasteiger partial charge in [-0.2, -0.15) is 0 Å². The van der Waals surface area contributed by atoms with Gasteiger partial charge in [0, 0.05) is 32.0 Å². The minimum Gasteiger partial charge on any atom is -0.468 e. The van der Waals surface area contributed by atoms with Gasteiger partial charge in [-0.05, 0) is 34.9 Å². The molecule has 0 unspecified atom stereocenters. The van der Waals surface area contributed by atoms with Crippen molar-refractivity contribution in [3.8, 4) is 0 Å². The minimum atomic E-state index is 0.575. The number of hydrogen-bond donors (Lipinski definition) is 1.